The first-order valence-corrected chi connectivity index (χ1v) is 10.4. The van der Waals surface area contributed by atoms with E-state index in [0.29, 0.717) is 52.5 Å². The second-order valence-electron chi connectivity index (χ2n) is 7.02. The number of hydrogen-bond acceptors (Lipinski definition) is 5. The number of hydrogen-bond donors (Lipinski definition) is 1. The van der Waals surface area contributed by atoms with Crippen LogP contribution >= 0.6 is 23.2 Å². The van der Waals surface area contributed by atoms with Crippen LogP contribution in [0.25, 0.3) is 0 Å². The largest absolute Gasteiger partial charge is 0.511 e. The van der Waals surface area contributed by atoms with Gasteiger partial charge < -0.3 is 24.2 Å². The van der Waals surface area contributed by atoms with Crippen molar-refractivity contribution in [3.8, 4) is 17.2 Å². The summed E-state index contributed by atoms with van der Waals surface area (Å²) in [7, 11) is 0. The van der Waals surface area contributed by atoms with Crippen LogP contribution < -0.4 is 19.1 Å². The van der Waals surface area contributed by atoms with E-state index >= 15 is 0 Å². The van der Waals surface area contributed by atoms with Gasteiger partial charge in [-0.1, -0.05) is 35.3 Å². The van der Waals surface area contributed by atoms with Crippen LogP contribution in [-0.4, -0.2) is 24.4 Å². The average Bonchev–Trinajstić information content (AvgIpc) is 2.74. The number of ether oxygens (including phenoxy) is 3. The van der Waals surface area contributed by atoms with Gasteiger partial charge in [-0.2, -0.15) is 0 Å². The van der Waals surface area contributed by atoms with E-state index in [2.05, 4.69) is 0 Å². The van der Waals surface area contributed by atoms with Gasteiger partial charge in [-0.25, -0.2) is 9.18 Å². The van der Waals surface area contributed by atoms with E-state index in [4.69, 9.17) is 42.5 Å². The summed E-state index contributed by atoms with van der Waals surface area (Å²) < 4.78 is 30.5. The molecule has 3 aromatic rings. The minimum Gasteiger partial charge on any atom is -0.488 e. The lowest BCUT2D eigenvalue weighted by Gasteiger charge is -2.32. The van der Waals surface area contributed by atoms with Crippen molar-refractivity contribution in [2.75, 3.05) is 18.1 Å². The number of anilines is 1. The predicted molar refractivity (Wildman–Crippen MR) is 119 cm³/mol. The molecule has 0 spiro atoms. The second-order valence-corrected chi connectivity index (χ2v) is 7.89. The first-order chi connectivity index (χ1) is 15.4. The molecule has 0 aliphatic carbocycles. The van der Waals surface area contributed by atoms with Crippen LogP contribution in [0.3, 0.4) is 0 Å². The third kappa shape index (κ3) is 5.00. The number of halogens is 3. The van der Waals surface area contributed by atoms with Crippen molar-refractivity contribution in [1.29, 1.82) is 0 Å². The fourth-order valence-corrected chi connectivity index (χ4v) is 3.78. The molecule has 0 fully saturated rings. The molecule has 1 aliphatic heterocycles. The molecule has 6 nitrogen and oxygen atoms in total. The van der Waals surface area contributed by atoms with Crippen LogP contribution in [-0.2, 0) is 13.2 Å². The third-order valence-electron chi connectivity index (χ3n) is 4.89. The van der Waals surface area contributed by atoms with E-state index < -0.39 is 12.0 Å². The van der Waals surface area contributed by atoms with Crippen molar-refractivity contribution in [1.82, 2.24) is 0 Å². The minimum absolute atomic E-state index is 0.0218. The molecule has 1 N–H and O–H groups in total. The normalized spacial score (nSPS) is 12.7. The molecule has 0 bridgehead atoms. The Morgan fingerprint density at radius 1 is 1.06 bits per heavy atom. The van der Waals surface area contributed by atoms with Gasteiger partial charge in [0.1, 0.15) is 24.8 Å². The Labute approximate surface area is 193 Å². The third-order valence-corrected chi connectivity index (χ3v) is 5.36. The molecular weight excluding hydrogens is 460 g/mol. The zero-order valence-electron chi connectivity index (χ0n) is 16.7. The molecule has 9 heteroatoms. The Bertz CT molecular complexity index is 1160. The molecule has 0 saturated heterocycles. The van der Waals surface area contributed by atoms with Crippen LogP contribution in [0.5, 0.6) is 17.2 Å². The number of benzene rings is 3. The summed E-state index contributed by atoms with van der Waals surface area (Å²) in [4.78, 5) is 13.0. The topological polar surface area (TPSA) is 68.2 Å². The van der Waals surface area contributed by atoms with Gasteiger partial charge >= 0.3 is 6.16 Å². The van der Waals surface area contributed by atoms with Gasteiger partial charge in [0.05, 0.1) is 12.2 Å². The van der Waals surface area contributed by atoms with Gasteiger partial charge in [0, 0.05) is 27.7 Å². The van der Waals surface area contributed by atoms with Crippen molar-refractivity contribution >= 4 is 35.0 Å². The summed E-state index contributed by atoms with van der Waals surface area (Å²) in [6.45, 7) is 1.33. The van der Waals surface area contributed by atoms with E-state index in [1.807, 2.05) is 11.0 Å². The van der Waals surface area contributed by atoms with Gasteiger partial charge in [-0.15, -0.1) is 0 Å². The highest BCUT2D eigenvalue weighted by Crippen LogP contribution is 2.41. The van der Waals surface area contributed by atoms with Gasteiger partial charge in [0.2, 0.25) is 0 Å². The Morgan fingerprint density at radius 2 is 1.84 bits per heavy atom. The summed E-state index contributed by atoms with van der Waals surface area (Å²) in [6.07, 6.45) is -1.42. The average molecular weight is 478 g/mol. The summed E-state index contributed by atoms with van der Waals surface area (Å²) in [5, 5.41) is 9.81. The Morgan fingerprint density at radius 3 is 2.62 bits per heavy atom. The van der Waals surface area contributed by atoms with Gasteiger partial charge in [-0.3, -0.25) is 0 Å². The molecule has 0 unspecified atom stereocenters. The maximum atomic E-state index is 14.1. The number of rotatable bonds is 6. The van der Waals surface area contributed by atoms with Crippen LogP contribution in [0.2, 0.25) is 10.0 Å². The highest BCUT2D eigenvalue weighted by molar-refractivity contribution is 6.30. The zero-order valence-corrected chi connectivity index (χ0v) is 18.2. The molecule has 0 aromatic heterocycles. The SMILES string of the molecule is O=C(O)Oc1cccc2c1OCCN2Cc1cc(Cl)ccc1OCc1ccc(Cl)cc1F. The van der Waals surface area contributed by atoms with Gasteiger partial charge in [-0.05, 0) is 42.5 Å². The summed E-state index contributed by atoms with van der Waals surface area (Å²) in [6, 6.07) is 14.7. The highest BCUT2D eigenvalue weighted by Gasteiger charge is 2.24. The molecule has 3 aromatic carbocycles. The molecule has 4 rings (SSSR count). The van der Waals surface area contributed by atoms with Crippen molar-refractivity contribution < 1.29 is 28.5 Å². The van der Waals surface area contributed by atoms with E-state index in [1.54, 1.807) is 36.4 Å². The maximum Gasteiger partial charge on any atom is 0.511 e. The zero-order chi connectivity index (χ0) is 22.7. The van der Waals surface area contributed by atoms with Crippen LogP contribution in [0, 0.1) is 5.82 Å². The molecule has 1 heterocycles. The first-order valence-electron chi connectivity index (χ1n) is 9.67. The molecule has 0 atom stereocenters. The maximum absolute atomic E-state index is 14.1. The molecule has 1 aliphatic rings. The van der Waals surface area contributed by atoms with Crippen molar-refractivity contribution in [3.05, 3.63) is 81.6 Å². The Kier molecular flexibility index (Phi) is 6.58. The number of carbonyl (C=O) groups is 1. The smallest absolute Gasteiger partial charge is 0.488 e. The molecule has 0 radical (unpaired) electrons. The van der Waals surface area contributed by atoms with E-state index in [0.717, 1.165) is 5.56 Å². The number of para-hydroxylation sites is 1. The molecule has 0 amide bonds. The Balaban J connectivity index is 1.58. The summed E-state index contributed by atoms with van der Waals surface area (Å²) >= 11 is 12.0. The fraction of sp³-hybridized carbons (Fsp3) is 0.174. The van der Waals surface area contributed by atoms with E-state index in [-0.39, 0.29) is 12.4 Å². The lowest BCUT2D eigenvalue weighted by molar-refractivity contribution is 0.142. The predicted octanol–water partition coefficient (Wildman–Crippen LogP) is 6.17. The number of fused-ring (bicyclic) bond motifs is 1. The summed E-state index contributed by atoms with van der Waals surface area (Å²) in [5.41, 5.74) is 1.84. The highest BCUT2D eigenvalue weighted by atomic mass is 35.5. The number of carboxylic acid groups (broad SMARTS) is 1. The second kappa shape index (κ2) is 9.54. The van der Waals surface area contributed by atoms with Crippen molar-refractivity contribution in [3.63, 3.8) is 0 Å². The quantitative estimate of drug-likeness (QED) is 0.338. The lowest BCUT2D eigenvalue weighted by Crippen LogP contribution is -2.32. The first kappa shape index (κ1) is 22.0. The number of nitrogens with zero attached hydrogens (tertiary/aromatic N) is 1. The van der Waals surface area contributed by atoms with E-state index in [1.165, 1.54) is 12.1 Å². The van der Waals surface area contributed by atoms with Crippen LogP contribution in [0.1, 0.15) is 11.1 Å². The molecule has 32 heavy (non-hydrogen) atoms. The fourth-order valence-electron chi connectivity index (χ4n) is 3.43. The van der Waals surface area contributed by atoms with Crippen LogP contribution in [0.4, 0.5) is 14.9 Å². The van der Waals surface area contributed by atoms with E-state index in [9.17, 15) is 9.18 Å². The minimum atomic E-state index is -1.42. The van der Waals surface area contributed by atoms with Crippen LogP contribution in [0.15, 0.2) is 54.6 Å². The Hall–Kier alpha value is -3.16. The monoisotopic (exact) mass is 477 g/mol. The van der Waals surface area contributed by atoms with Crippen molar-refractivity contribution in [2.24, 2.45) is 0 Å². The molecule has 166 valence electrons. The standard InChI is InChI=1S/C23H18Cl2FNO5/c24-16-6-7-20(31-13-14-4-5-17(25)11-18(14)26)15(10-16)12-27-8-9-30-22-19(27)2-1-3-21(22)32-23(28)29/h1-7,10-11H,8-9,12-13H2,(H,28,29). The molecular formula is C23H18Cl2FNO5. The summed E-state index contributed by atoms with van der Waals surface area (Å²) in [5.74, 6) is 0.588. The van der Waals surface area contributed by atoms with Gasteiger partial charge in [0.15, 0.2) is 11.5 Å². The molecule has 0 saturated carbocycles. The lowest BCUT2D eigenvalue weighted by atomic mass is 10.1. The van der Waals surface area contributed by atoms with Crippen molar-refractivity contribution in [2.45, 2.75) is 13.2 Å². The van der Waals surface area contributed by atoms with Gasteiger partial charge in [0.25, 0.3) is 0 Å².